The van der Waals surface area contributed by atoms with Crippen molar-refractivity contribution in [3.63, 3.8) is 0 Å². The molecule has 0 aliphatic carbocycles. The molecule has 2 fully saturated rings. The van der Waals surface area contributed by atoms with Crippen LogP contribution in [0.4, 0.5) is 0 Å². The molecule has 2 aliphatic heterocycles. The van der Waals surface area contributed by atoms with E-state index < -0.39 is 0 Å². The third-order valence-electron chi connectivity index (χ3n) is 3.18. The molecule has 2 saturated heterocycles. The van der Waals surface area contributed by atoms with Gasteiger partial charge in [0.1, 0.15) is 0 Å². The third-order valence-corrected chi connectivity index (χ3v) is 3.18. The highest BCUT2D eigenvalue weighted by molar-refractivity contribution is 6.45. The molecule has 84 valence electrons. The fourth-order valence-corrected chi connectivity index (χ4v) is 2.18. The summed E-state index contributed by atoms with van der Waals surface area (Å²) in [7, 11) is -0.347. The Morgan fingerprint density at radius 2 is 2.33 bits per heavy atom. The van der Waals surface area contributed by atoms with Crippen LogP contribution in [-0.4, -0.2) is 67.0 Å². The number of carbonyl (C=O) groups is 1. The molecular formula is C9H18BN3O2. The molecule has 0 bridgehead atoms. The fourth-order valence-electron chi connectivity index (χ4n) is 2.18. The van der Waals surface area contributed by atoms with Crippen molar-refractivity contribution in [3.05, 3.63) is 0 Å². The highest BCUT2D eigenvalue weighted by Gasteiger charge is 2.33. The average Bonchev–Trinajstić information content (AvgIpc) is 2.12. The molecule has 0 unspecified atom stereocenters. The standard InChI is InChI=1S/C9H18BN3O2/c1-10(15)13-6-8(7-13)5-12-3-2-11-4-9(12)14/h8,11,15H,2-7H2,1H3. The van der Waals surface area contributed by atoms with Crippen LogP contribution in [0.2, 0.25) is 6.82 Å². The lowest BCUT2D eigenvalue weighted by atomic mass is 9.78. The molecule has 0 atom stereocenters. The van der Waals surface area contributed by atoms with Crippen molar-refractivity contribution in [2.24, 2.45) is 5.92 Å². The lowest BCUT2D eigenvalue weighted by Gasteiger charge is -2.43. The van der Waals surface area contributed by atoms with Gasteiger partial charge in [-0.2, -0.15) is 0 Å². The number of piperazine rings is 1. The van der Waals surface area contributed by atoms with Gasteiger partial charge in [0.05, 0.1) is 6.54 Å². The molecule has 0 spiro atoms. The van der Waals surface area contributed by atoms with Crippen LogP contribution in [-0.2, 0) is 4.79 Å². The van der Waals surface area contributed by atoms with Gasteiger partial charge in [-0.05, 0) is 19.9 Å². The summed E-state index contributed by atoms with van der Waals surface area (Å²) in [6.45, 7) is 6.66. The van der Waals surface area contributed by atoms with Gasteiger partial charge in [0.25, 0.3) is 0 Å². The van der Waals surface area contributed by atoms with Crippen LogP contribution in [0.15, 0.2) is 0 Å². The predicted molar refractivity (Wildman–Crippen MR) is 58.3 cm³/mol. The van der Waals surface area contributed by atoms with Crippen LogP contribution < -0.4 is 5.32 Å². The van der Waals surface area contributed by atoms with Crippen molar-refractivity contribution in [2.75, 3.05) is 39.3 Å². The highest BCUT2D eigenvalue weighted by Crippen LogP contribution is 2.17. The van der Waals surface area contributed by atoms with Crippen LogP contribution in [0.5, 0.6) is 0 Å². The predicted octanol–water partition coefficient (Wildman–Crippen LogP) is -1.54. The zero-order chi connectivity index (χ0) is 10.8. The Labute approximate surface area is 90.6 Å². The summed E-state index contributed by atoms with van der Waals surface area (Å²) in [5, 5.41) is 12.3. The first-order valence-electron chi connectivity index (χ1n) is 5.57. The van der Waals surface area contributed by atoms with E-state index >= 15 is 0 Å². The van der Waals surface area contributed by atoms with Crippen LogP contribution in [0.25, 0.3) is 0 Å². The van der Waals surface area contributed by atoms with Gasteiger partial charge in [-0.3, -0.25) is 4.79 Å². The van der Waals surface area contributed by atoms with Crippen LogP contribution in [0, 0.1) is 5.92 Å². The van der Waals surface area contributed by atoms with Gasteiger partial charge in [-0.1, -0.05) is 0 Å². The number of amides is 1. The Morgan fingerprint density at radius 3 is 2.93 bits per heavy atom. The normalized spacial score (nSPS) is 24.1. The summed E-state index contributed by atoms with van der Waals surface area (Å²) < 4.78 is 0. The molecule has 0 saturated carbocycles. The van der Waals surface area contributed by atoms with Crippen molar-refractivity contribution >= 4 is 13.0 Å². The van der Waals surface area contributed by atoms with Gasteiger partial charge >= 0.3 is 7.05 Å². The number of nitrogens with zero attached hydrogens (tertiary/aromatic N) is 2. The van der Waals surface area contributed by atoms with Crippen molar-refractivity contribution in [1.29, 1.82) is 0 Å². The first-order valence-corrected chi connectivity index (χ1v) is 5.57. The molecule has 2 aliphatic rings. The molecule has 0 aromatic carbocycles. The molecule has 2 rings (SSSR count). The van der Waals surface area contributed by atoms with Crippen molar-refractivity contribution < 1.29 is 9.82 Å². The smallest absolute Gasteiger partial charge is 0.376 e. The molecular weight excluding hydrogens is 193 g/mol. The zero-order valence-electron chi connectivity index (χ0n) is 9.15. The summed E-state index contributed by atoms with van der Waals surface area (Å²) >= 11 is 0. The summed E-state index contributed by atoms with van der Waals surface area (Å²) in [6, 6.07) is 0. The average molecular weight is 211 g/mol. The van der Waals surface area contributed by atoms with Crippen LogP contribution in [0.1, 0.15) is 0 Å². The zero-order valence-corrected chi connectivity index (χ0v) is 9.15. The van der Waals surface area contributed by atoms with Crippen LogP contribution in [0.3, 0.4) is 0 Å². The molecule has 0 aromatic heterocycles. The SMILES string of the molecule is CB(O)N1CC(CN2CCNCC2=O)C1. The maximum absolute atomic E-state index is 11.5. The molecule has 0 aromatic rings. The Morgan fingerprint density at radius 1 is 1.60 bits per heavy atom. The summed E-state index contributed by atoms with van der Waals surface area (Å²) in [5.74, 6) is 0.749. The number of rotatable bonds is 3. The monoisotopic (exact) mass is 211 g/mol. The van der Waals surface area contributed by atoms with Gasteiger partial charge in [0, 0.05) is 25.6 Å². The van der Waals surface area contributed by atoms with Crippen molar-refractivity contribution in [3.8, 4) is 0 Å². The van der Waals surface area contributed by atoms with Gasteiger partial charge in [-0.25, -0.2) is 0 Å². The second kappa shape index (κ2) is 4.51. The topological polar surface area (TPSA) is 55.8 Å². The van der Waals surface area contributed by atoms with E-state index in [1.807, 2.05) is 9.71 Å². The van der Waals surface area contributed by atoms with Gasteiger partial charge in [0.2, 0.25) is 5.91 Å². The maximum atomic E-state index is 11.5. The number of hydrogen-bond acceptors (Lipinski definition) is 4. The van der Waals surface area contributed by atoms with E-state index in [1.54, 1.807) is 6.82 Å². The van der Waals surface area contributed by atoms with Gasteiger partial charge in [0.15, 0.2) is 0 Å². The summed E-state index contributed by atoms with van der Waals surface area (Å²) in [6.07, 6.45) is 0. The maximum Gasteiger partial charge on any atom is 0.376 e. The van der Waals surface area contributed by atoms with Gasteiger partial charge < -0.3 is 20.1 Å². The van der Waals surface area contributed by atoms with E-state index in [2.05, 4.69) is 5.32 Å². The van der Waals surface area contributed by atoms with E-state index in [-0.39, 0.29) is 13.0 Å². The Kier molecular flexibility index (Phi) is 3.28. The second-order valence-corrected chi connectivity index (χ2v) is 4.47. The minimum absolute atomic E-state index is 0.205. The minimum Gasteiger partial charge on any atom is -0.437 e. The lowest BCUT2D eigenvalue weighted by Crippen LogP contribution is -2.59. The summed E-state index contributed by atoms with van der Waals surface area (Å²) in [5.41, 5.74) is 0. The number of nitrogens with one attached hydrogen (secondary N) is 1. The Bertz CT molecular complexity index is 244. The second-order valence-electron chi connectivity index (χ2n) is 4.47. The Balaban J connectivity index is 1.72. The number of hydrogen-bond donors (Lipinski definition) is 2. The van der Waals surface area contributed by atoms with E-state index in [9.17, 15) is 9.82 Å². The largest absolute Gasteiger partial charge is 0.437 e. The third kappa shape index (κ3) is 2.51. The van der Waals surface area contributed by atoms with Crippen molar-refractivity contribution in [2.45, 2.75) is 6.82 Å². The van der Waals surface area contributed by atoms with Crippen LogP contribution >= 0.6 is 0 Å². The quantitative estimate of drug-likeness (QED) is 0.555. The highest BCUT2D eigenvalue weighted by atomic mass is 16.2. The molecule has 2 heterocycles. The molecule has 6 heteroatoms. The van der Waals surface area contributed by atoms with E-state index in [4.69, 9.17) is 0 Å². The van der Waals surface area contributed by atoms with E-state index in [0.29, 0.717) is 12.5 Å². The van der Waals surface area contributed by atoms with Crippen molar-refractivity contribution in [1.82, 2.24) is 15.0 Å². The first kappa shape index (κ1) is 10.9. The van der Waals surface area contributed by atoms with E-state index in [1.165, 1.54) is 0 Å². The Hall–Kier alpha value is -0.585. The molecule has 5 nitrogen and oxygen atoms in total. The molecule has 0 radical (unpaired) electrons. The summed E-state index contributed by atoms with van der Waals surface area (Å²) in [4.78, 5) is 15.4. The lowest BCUT2D eigenvalue weighted by molar-refractivity contribution is -0.133. The number of carbonyl (C=O) groups excluding carboxylic acids is 1. The molecule has 15 heavy (non-hydrogen) atoms. The minimum atomic E-state index is -0.347. The molecule has 2 N–H and O–H groups in total. The molecule has 1 amide bonds. The first-order chi connectivity index (χ1) is 7.16. The van der Waals surface area contributed by atoms with Gasteiger partial charge in [-0.15, -0.1) is 0 Å². The van der Waals surface area contributed by atoms with E-state index in [0.717, 1.165) is 32.7 Å². The fraction of sp³-hybridized carbons (Fsp3) is 0.889.